The zero-order chi connectivity index (χ0) is 80.2. The first-order valence-electron chi connectivity index (χ1n) is 41.1. The van der Waals surface area contributed by atoms with Crippen LogP contribution in [-0.2, 0) is 20.1 Å². The molecule has 4 aliphatic carbocycles. The number of aromatic nitrogens is 6. The lowest BCUT2D eigenvalue weighted by Crippen LogP contribution is -2.41. The molecule has 0 amide bonds. The van der Waals surface area contributed by atoms with Crippen molar-refractivity contribution in [2.75, 3.05) is 0 Å². The van der Waals surface area contributed by atoms with E-state index in [9.17, 15) is 0 Å². The third-order valence-corrected chi connectivity index (χ3v) is 26.3. The van der Waals surface area contributed by atoms with Crippen LogP contribution in [0.5, 0.6) is 0 Å². The van der Waals surface area contributed by atoms with Crippen LogP contribution in [0.2, 0.25) is 5.28 Å². The third-order valence-electron chi connectivity index (χ3n) is 26.1. The lowest BCUT2D eigenvalue weighted by atomic mass is 9.68. The summed E-state index contributed by atoms with van der Waals surface area (Å²) in [7, 11) is -0.435. The molecule has 0 N–H and O–H groups in total. The van der Waals surface area contributed by atoms with Crippen molar-refractivity contribution in [2.24, 2.45) is 0 Å². The van der Waals surface area contributed by atoms with Crippen LogP contribution in [-0.4, -0.2) is 48.2 Å². The number of rotatable bonds is 6. The second-order valence-electron chi connectivity index (χ2n) is 32.9. The highest BCUT2D eigenvalue weighted by atomic mass is 35.5. The van der Waals surface area contributed by atoms with Crippen LogP contribution in [0.4, 0.5) is 0 Å². The number of halogens is 1. The molecule has 121 heavy (non-hydrogen) atoms. The van der Waals surface area contributed by atoms with E-state index in [4.69, 9.17) is 35.9 Å². The van der Waals surface area contributed by atoms with E-state index >= 15 is 0 Å². The Labute approximate surface area is 707 Å². The molecular weight excluding hydrogens is 1500 g/mol. The van der Waals surface area contributed by atoms with Gasteiger partial charge < -0.3 is 9.31 Å². The molecule has 0 bridgehead atoms. The first-order chi connectivity index (χ1) is 58.9. The number of hydrogen-bond donors (Lipinski definition) is 0. The van der Waals surface area contributed by atoms with Gasteiger partial charge in [-0.15, -0.1) is 0 Å². The van der Waals surface area contributed by atoms with E-state index < -0.39 is 29.2 Å². The molecular formula is C111H78BClN6O2. The van der Waals surface area contributed by atoms with Crippen LogP contribution in [0, 0.1) is 0 Å². The molecule has 1 fully saturated rings. The molecule has 1 aliphatic heterocycles. The molecule has 25 rings (SSSR count). The van der Waals surface area contributed by atoms with E-state index in [0.29, 0.717) is 29.1 Å². The molecule has 574 valence electrons. The molecule has 18 aromatic carbocycles. The number of nitrogens with zero attached hydrogens (tertiary/aromatic N) is 6. The molecule has 3 heterocycles. The average Bonchev–Trinajstić information content (AvgIpc) is 1.51. The van der Waals surface area contributed by atoms with E-state index in [0.717, 1.165) is 33.3 Å². The summed E-state index contributed by atoms with van der Waals surface area (Å²) in [6.45, 7) is 8.51. The van der Waals surface area contributed by atoms with Crippen LogP contribution in [0.3, 0.4) is 0 Å². The Morgan fingerprint density at radius 2 is 0.463 bits per heavy atom. The molecule has 5 aliphatic rings. The highest BCUT2D eigenvalue weighted by Crippen LogP contribution is 2.66. The normalized spacial score (nSPS) is 14.4. The summed E-state index contributed by atoms with van der Waals surface area (Å²) in [5, 5.41) is 15.6. The van der Waals surface area contributed by atoms with E-state index in [1.54, 1.807) is 0 Å². The Hall–Kier alpha value is -14.2. The van der Waals surface area contributed by atoms with Gasteiger partial charge in [-0.1, -0.05) is 353 Å². The molecule has 20 aromatic rings. The predicted octanol–water partition coefficient (Wildman–Crippen LogP) is 27.0. The molecule has 0 unspecified atom stereocenters. The lowest BCUT2D eigenvalue weighted by Gasteiger charge is -2.32. The molecule has 8 nitrogen and oxygen atoms in total. The maximum absolute atomic E-state index is 6.61. The van der Waals surface area contributed by atoms with Gasteiger partial charge in [-0.25, -0.2) is 19.9 Å². The van der Waals surface area contributed by atoms with Crippen molar-refractivity contribution in [3.63, 3.8) is 0 Å². The fourth-order valence-electron chi connectivity index (χ4n) is 20.1. The fourth-order valence-corrected chi connectivity index (χ4v) is 20.2. The lowest BCUT2D eigenvalue weighted by molar-refractivity contribution is 0.00578. The number of fused-ring (bicyclic) bond motifs is 32. The van der Waals surface area contributed by atoms with E-state index in [1.807, 2.05) is 97.1 Å². The van der Waals surface area contributed by atoms with Crippen molar-refractivity contribution >= 4 is 88.8 Å². The third kappa shape index (κ3) is 11.2. The monoisotopic (exact) mass is 1570 g/mol. The molecule has 10 heteroatoms. The van der Waals surface area contributed by atoms with Crippen molar-refractivity contribution in [1.82, 2.24) is 29.9 Å². The molecule has 2 spiro atoms. The standard InChI is InChI=1S/C52H31N3.C43H33BO2.C15H10ClN3.CH4/c1-3-15-32(16-4-1)49-53-50(33-17-5-2-6-18-33)55-51(54-49)34-27-28-41-44-30-42-37-21-9-7-19-35(37)36-20-8-10-22-38(36)43(42)31-48(44)52(47(41)29-34)45-25-13-11-23-39(45)40-24-12-14-26-46(40)52;1-41(2)42(3,4)46-44(45-41)26-21-22-33-36-24-34-29-15-7-5-13-27(29)28-14-6-8-16-30(28)35(34)25-40(36)43(39(33)23-26)37-19-11-9-17-31(37)32-18-10-12-20-38(32)43;16-15-18-13(11-7-3-1-4-8-11)17-14(19-15)12-9-5-2-6-10-12;/h1-31H;5-25H,1-4H3;1-10H;1H4. The van der Waals surface area contributed by atoms with Crippen molar-refractivity contribution in [3.05, 3.63) is 426 Å². The van der Waals surface area contributed by atoms with E-state index in [2.05, 4.69) is 322 Å². The molecule has 1 saturated heterocycles. The van der Waals surface area contributed by atoms with Gasteiger partial charge in [0.2, 0.25) is 5.28 Å². The molecule has 0 atom stereocenters. The highest BCUT2D eigenvalue weighted by molar-refractivity contribution is 6.62. The Balaban J connectivity index is 0.000000120. The summed E-state index contributed by atoms with van der Waals surface area (Å²) in [6.07, 6.45) is 0. The summed E-state index contributed by atoms with van der Waals surface area (Å²) in [5.41, 5.74) is 24.7. The SMILES string of the molecule is C.CC1(C)OB(c2ccc3c(c2)C2(c4ccccc4-c4ccccc42)c2cc4c5ccccc5c5ccccc5c4cc2-3)OC1(C)C.Clc1nc(-c2ccccc2)nc(-c2ccccc2)n1.c1ccc(-c2nc(-c3ccccc3)nc(-c3ccc4c(c3)C3(c5ccccc5-c5ccccc53)c3cc5c6ccccc6c6ccccc6c5cc3-4)n2)cc1. The van der Waals surface area contributed by atoms with Crippen LogP contribution < -0.4 is 5.46 Å². The first-order valence-corrected chi connectivity index (χ1v) is 41.5. The minimum absolute atomic E-state index is 0. The number of hydrogen-bond acceptors (Lipinski definition) is 8. The minimum atomic E-state index is -0.535. The fraction of sp³-hybridized carbons (Fsp3) is 0.0811. The van der Waals surface area contributed by atoms with Gasteiger partial charge in [-0.05, 0) is 229 Å². The minimum Gasteiger partial charge on any atom is -0.399 e. The summed E-state index contributed by atoms with van der Waals surface area (Å²) < 4.78 is 13.2. The van der Waals surface area contributed by atoms with Crippen molar-refractivity contribution in [3.8, 4) is 101 Å². The largest absolute Gasteiger partial charge is 0.494 e. The van der Waals surface area contributed by atoms with Gasteiger partial charge in [0.1, 0.15) is 0 Å². The Bertz CT molecular complexity index is 7430. The molecule has 2 aromatic heterocycles. The second kappa shape index (κ2) is 28.3. The Morgan fingerprint density at radius 3 is 0.802 bits per heavy atom. The first kappa shape index (κ1) is 73.2. The Kier molecular flexibility index (Phi) is 17.1. The van der Waals surface area contributed by atoms with Crippen LogP contribution >= 0.6 is 11.6 Å². The highest BCUT2D eigenvalue weighted by Gasteiger charge is 2.56. The second-order valence-corrected chi connectivity index (χ2v) is 33.3. The van der Waals surface area contributed by atoms with Gasteiger partial charge in [-0.2, -0.15) is 9.97 Å². The average molecular weight is 1570 g/mol. The van der Waals surface area contributed by atoms with Gasteiger partial charge >= 0.3 is 7.12 Å². The van der Waals surface area contributed by atoms with E-state index in [-0.39, 0.29) is 12.7 Å². The zero-order valence-electron chi connectivity index (χ0n) is 66.3. The zero-order valence-corrected chi connectivity index (χ0v) is 67.0. The quantitative estimate of drug-likeness (QED) is 0.120. The van der Waals surface area contributed by atoms with Gasteiger partial charge in [0.25, 0.3) is 0 Å². The Morgan fingerprint density at radius 1 is 0.215 bits per heavy atom. The summed E-state index contributed by atoms with van der Waals surface area (Å²) in [6, 6.07) is 135. The number of benzene rings is 18. The predicted molar refractivity (Wildman–Crippen MR) is 498 cm³/mol. The van der Waals surface area contributed by atoms with Crippen LogP contribution in [0.25, 0.3) is 166 Å². The van der Waals surface area contributed by atoms with Gasteiger partial charge in [-0.3, -0.25) is 0 Å². The van der Waals surface area contributed by atoms with Crippen molar-refractivity contribution in [2.45, 2.75) is 57.2 Å². The summed E-state index contributed by atoms with van der Waals surface area (Å²) in [4.78, 5) is 28.1. The van der Waals surface area contributed by atoms with E-state index in [1.165, 1.54) is 154 Å². The van der Waals surface area contributed by atoms with Crippen molar-refractivity contribution in [1.29, 1.82) is 0 Å². The van der Waals surface area contributed by atoms with Crippen LogP contribution in [0.1, 0.15) is 79.6 Å². The molecule has 0 radical (unpaired) electrons. The van der Waals surface area contributed by atoms with Crippen molar-refractivity contribution < 1.29 is 9.31 Å². The smallest absolute Gasteiger partial charge is 0.399 e. The van der Waals surface area contributed by atoms with Gasteiger partial charge in [0.15, 0.2) is 29.1 Å². The topological polar surface area (TPSA) is 95.8 Å². The van der Waals surface area contributed by atoms with Gasteiger partial charge in [0.05, 0.1) is 22.0 Å². The van der Waals surface area contributed by atoms with Crippen LogP contribution in [0.15, 0.2) is 376 Å². The maximum atomic E-state index is 6.61. The summed E-state index contributed by atoms with van der Waals surface area (Å²) in [5.74, 6) is 3.14. The summed E-state index contributed by atoms with van der Waals surface area (Å²) >= 11 is 5.99. The molecule has 0 saturated carbocycles. The maximum Gasteiger partial charge on any atom is 0.494 e. The van der Waals surface area contributed by atoms with Gasteiger partial charge in [0, 0.05) is 27.8 Å².